The Morgan fingerprint density at radius 2 is 2.00 bits per heavy atom. The smallest absolute Gasteiger partial charge is 0.300 e. The standard InChI is InChI=1S/C13H14N2O4S/c1-9(16)15-11-7-20(17,18)8-12(11)19-13(15)14-10-5-3-2-4-6-10/h2-6,11-12H,7-8H2,1H3. The fourth-order valence-corrected chi connectivity index (χ4v) is 4.36. The molecule has 1 aromatic carbocycles. The van der Waals surface area contributed by atoms with E-state index in [0.29, 0.717) is 5.69 Å². The molecule has 2 atom stereocenters. The molecule has 0 aliphatic carbocycles. The summed E-state index contributed by atoms with van der Waals surface area (Å²) in [6.45, 7) is 1.39. The molecule has 0 N–H and O–H groups in total. The Morgan fingerprint density at radius 1 is 1.30 bits per heavy atom. The average Bonchev–Trinajstić information content (AvgIpc) is 2.81. The Morgan fingerprint density at radius 3 is 2.65 bits per heavy atom. The van der Waals surface area contributed by atoms with Crippen LogP contribution >= 0.6 is 0 Å². The average molecular weight is 294 g/mol. The molecular weight excluding hydrogens is 280 g/mol. The molecule has 0 spiro atoms. The van der Waals surface area contributed by atoms with E-state index >= 15 is 0 Å². The van der Waals surface area contributed by atoms with Gasteiger partial charge in [0, 0.05) is 6.92 Å². The Balaban J connectivity index is 1.95. The van der Waals surface area contributed by atoms with Crippen molar-refractivity contribution in [2.24, 2.45) is 4.99 Å². The number of ether oxygens (including phenoxy) is 1. The van der Waals surface area contributed by atoms with Gasteiger partial charge in [0.05, 0.1) is 23.2 Å². The summed E-state index contributed by atoms with van der Waals surface area (Å²) in [5, 5.41) is 0. The first-order chi connectivity index (χ1) is 9.46. The summed E-state index contributed by atoms with van der Waals surface area (Å²) >= 11 is 0. The van der Waals surface area contributed by atoms with E-state index in [1.54, 1.807) is 12.1 Å². The van der Waals surface area contributed by atoms with Crippen molar-refractivity contribution in [3.05, 3.63) is 30.3 Å². The van der Waals surface area contributed by atoms with Gasteiger partial charge in [0.1, 0.15) is 6.10 Å². The summed E-state index contributed by atoms with van der Waals surface area (Å²) in [4.78, 5) is 17.4. The summed E-state index contributed by atoms with van der Waals surface area (Å²) in [5.74, 6) is -0.385. The first-order valence-corrected chi connectivity index (χ1v) is 8.09. The van der Waals surface area contributed by atoms with Crippen molar-refractivity contribution in [2.75, 3.05) is 11.5 Å². The lowest BCUT2D eigenvalue weighted by atomic mass is 10.2. The molecule has 3 rings (SSSR count). The van der Waals surface area contributed by atoms with Gasteiger partial charge in [0.25, 0.3) is 6.02 Å². The highest BCUT2D eigenvalue weighted by molar-refractivity contribution is 7.91. The molecule has 2 aliphatic heterocycles. The van der Waals surface area contributed by atoms with Gasteiger partial charge in [-0.2, -0.15) is 4.99 Å². The van der Waals surface area contributed by atoms with Crippen LogP contribution in [-0.2, 0) is 19.4 Å². The lowest BCUT2D eigenvalue weighted by Gasteiger charge is -2.17. The number of benzene rings is 1. The zero-order valence-electron chi connectivity index (χ0n) is 10.9. The SMILES string of the molecule is CC(=O)N1C(=Nc2ccccc2)OC2CS(=O)(=O)CC21. The van der Waals surface area contributed by atoms with Crippen molar-refractivity contribution in [1.29, 1.82) is 0 Å². The topological polar surface area (TPSA) is 76.0 Å². The number of amides is 1. The third-order valence-corrected chi connectivity index (χ3v) is 5.07. The third-order valence-electron chi connectivity index (χ3n) is 3.39. The van der Waals surface area contributed by atoms with E-state index in [9.17, 15) is 13.2 Å². The number of amidine groups is 1. The first-order valence-electron chi connectivity index (χ1n) is 6.27. The fourth-order valence-electron chi connectivity index (χ4n) is 2.55. The first kappa shape index (κ1) is 13.1. The molecule has 2 heterocycles. The van der Waals surface area contributed by atoms with Crippen LogP contribution in [-0.4, -0.2) is 48.9 Å². The monoisotopic (exact) mass is 294 g/mol. The molecule has 2 fully saturated rings. The quantitative estimate of drug-likeness (QED) is 0.764. The number of fused-ring (bicyclic) bond motifs is 1. The summed E-state index contributed by atoms with van der Waals surface area (Å²) in [7, 11) is -3.14. The van der Waals surface area contributed by atoms with Crippen LogP contribution in [0.3, 0.4) is 0 Å². The number of para-hydroxylation sites is 1. The van der Waals surface area contributed by atoms with Crippen LogP contribution in [0.4, 0.5) is 5.69 Å². The van der Waals surface area contributed by atoms with Gasteiger partial charge < -0.3 is 4.74 Å². The molecule has 106 valence electrons. The molecule has 2 unspecified atom stereocenters. The normalized spacial score (nSPS) is 29.2. The number of rotatable bonds is 1. The maximum atomic E-state index is 11.8. The molecule has 2 saturated heterocycles. The molecule has 6 nitrogen and oxygen atoms in total. The van der Waals surface area contributed by atoms with Gasteiger partial charge in [-0.25, -0.2) is 8.42 Å². The van der Waals surface area contributed by atoms with Crippen molar-refractivity contribution >= 4 is 27.5 Å². The Bertz CT molecular complexity index is 669. The molecule has 2 aliphatic rings. The van der Waals surface area contributed by atoms with Crippen LogP contribution in [0.15, 0.2) is 35.3 Å². The number of carbonyl (C=O) groups excluding carboxylic acids is 1. The van der Waals surface area contributed by atoms with Crippen LogP contribution in [0.1, 0.15) is 6.92 Å². The van der Waals surface area contributed by atoms with E-state index in [0.717, 1.165) is 0 Å². The van der Waals surface area contributed by atoms with Gasteiger partial charge in [0.15, 0.2) is 9.84 Å². The summed E-state index contributed by atoms with van der Waals surface area (Å²) in [5.41, 5.74) is 0.664. The van der Waals surface area contributed by atoms with Crippen LogP contribution < -0.4 is 0 Å². The predicted octanol–water partition coefficient (Wildman–Crippen LogP) is 0.718. The minimum absolute atomic E-state index is 0.0603. The number of nitrogens with zero attached hydrogens (tertiary/aromatic N) is 2. The van der Waals surface area contributed by atoms with E-state index in [2.05, 4.69) is 4.99 Å². The zero-order chi connectivity index (χ0) is 14.3. The molecule has 0 saturated carbocycles. The molecular formula is C13H14N2O4S. The number of aliphatic imine (C=N–C) groups is 1. The van der Waals surface area contributed by atoms with Crippen molar-refractivity contribution in [3.8, 4) is 0 Å². The van der Waals surface area contributed by atoms with Gasteiger partial charge in [0.2, 0.25) is 5.91 Å². The highest BCUT2D eigenvalue weighted by Crippen LogP contribution is 2.29. The lowest BCUT2D eigenvalue weighted by Crippen LogP contribution is -2.40. The van der Waals surface area contributed by atoms with Gasteiger partial charge in [-0.1, -0.05) is 18.2 Å². The van der Waals surface area contributed by atoms with Crippen LogP contribution in [0, 0.1) is 0 Å². The molecule has 1 amide bonds. The number of hydrogen-bond acceptors (Lipinski definition) is 5. The lowest BCUT2D eigenvalue weighted by molar-refractivity contribution is -0.125. The molecule has 1 aromatic rings. The molecule has 20 heavy (non-hydrogen) atoms. The largest absolute Gasteiger partial charge is 0.458 e. The van der Waals surface area contributed by atoms with Crippen LogP contribution in [0.25, 0.3) is 0 Å². The molecule has 0 radical (unpaired) electrons. The van der Waals surface area contributed by atoms with Gasteiger partial charge in [-0.05, 0) is 12.1 Å². The number of sulfone groups is 1. The fraction of sp³-hybridized carbons (Fsp3) is 0.385. The Kier molecular flexibility index (Phi) is 3.01. The number of hydrogen-bond donors (Lipinski definition) is 0. The minimum Gasteiger partial charge on any atom is -0.458 e. The van der Waals surface area contributed by atoms with Gasteiger partial charge in [-0.3, -0.25) is 9.69 Å². The minimum atomic E-state index is -3.14. The van der Waals surface area contributed by atoms with Gasteiger partial charge in [-0.15, -0.1) is 0 Å². The second-order valence-electron chi connectivity index (χ2n) is 4.92. The maximum absolute atomic E-state index is 11.8. The molecule has 0 bridgehead atoms. The zero-order valence-corrected chi connectivity index (χ0v) is 11.7. The molecule has 7 heteroatoms. The summed E-state index contributed by atoms with van der Waals surface area (Å²) in [6, 6.07) is 8.84. The number of carbonyl (C=O) groups is 1. The van der Waals surface area contributed by atoms with Crippen molar-refractivity contribution in [3.63, 3.8) is 0 Å². The van der Waals surface area contributed by atoms with Crippen molar-refractivity contribution in [1.82, 2.24) is 4.90 Å². The maximum Gasteiger partial charge on any atom is 0.300 e. The Labute approximate surface area is 117 Å². The van der Waals surface area contributed by atoms with E-state index in [1.807, 2.05) is 18.2 Å². The van der Waals surface area contributed by atoms with Crippen molar-refractivity contribution in [2.45, 2.75) is 19.1 Å². The summed E-state index contributed by atoms with van der Waals surface area (Å²) < 4.78 is 28.8. The summed E-state index contributed by atoms with van der Waals surface area (Å²) in [6.07, 6.45) is -0.508. The van der Waals surface area contributed by atoms with Crippen molar-refractivity contribution < 1.29 is 17.9 Å². The second-order valence-corrected chi connectivity index (χ2v) is 7.07. The highest BCUT2D eigenvalue weighted by Gasteiger charge is 2.51. The van der Waals surface area contributed by atoms with Crippen LogP contribution in [0.5, 0.6) is 0 Å². The van der Waals surface area contributed by atoms with E-state index in [-0.39, 0.29) is 23.4 Å². The van der Waals surface area contributed by atoms with Gasteiger partial charge >= 0.3 is 0 Å². The Hall–Kier alpha value is -1.89. The van der Waals surface area contributed by atoms with E-state index in [1.165, 1.54) is 11.8 Å². The predicted molar refractivity (Wildman–Crippen MR) is 73.4 cm³/mol. The van der Waals surface area contributed by atoms with Crippen LogP contribution in [0.2, 0.25) is 0 Å². The van der Waals surface area contributed by atoms with E-state index in [4.69, 9.17) is 4.74 Å². The molecule has 0 aromatic heterocycles. The third kappa shape index (κ3) is 2.29. The van der Waals surface area contributed by atoms with E-state index < -0.39 is 22.0 Å². The second kappa shape index (κ2) is 4.59. The highest BCUT2D eigenvalue weighted by atomic mass is 32.2.